The van der Waals surface area contributed by atoms with Crippen molar-refractivity contribution in [1.29, 1.82) is 0 Å². The normalized spacial score (nSPS) is 14.8. The van der Waals surface area contributed by atoms with Gasteiger partial charge in [-0.1, -0.05) is 35.3 Å². The summed E-state index contributed by atoms with van der Waals surface area (Å²) in [5.74, 6) is 0.484. The third-order valence-corrected chi connectivity index (χ3v) is 3.68. The molecule has 2 atom stereocenters. The highest BCUT2D eigenvalue weighted by Gasteiger charge is 2.20. The molecule has 1 aromatic carbocycles. The zero-order chi connectivity index (χ0) is 12.1. The van der Waals surface area contributed by atoms with Crippen LogP contribution in [0, 0.1) is 12.8 Å². The molecule has 0 saturated heterocycles. The first-order valence-corrected chi connectivity index (χ1v) is 6.56. The van der Waals surface area contributed by atoms with E-state index < -0.39 is 0 Å². The highest BCUT2D eigenvalue weighted by Crippen LogP contribution is 2.28. The third kappa shape index (κ3) is 3.06. The predicted molar refractivity (Wildman–Crippen MR) is 73.5 cm³/mol. The van der Waals surface area contributed by atoms with Crippen molar-refractivity contribution in [3.63, 3.8) is 0 Å². The first-order chi connectivity index (χ1) is 7.63. The van der Waals surface area contributed by atoms with Crippen molar-refractivity contribution >= 4 is 15.9 Å². The van der Waals surface area contributed by atoms with Gasteiger partial charge in [0, 0.05) is 10.5 Å². The van der Waals surface area contributed by atoms with Gasteiger partial charge in [0.15, 0.2) is 0 Å². The van der Waals surface area contributed by atoms with E-state index in [0.29, 0.717) is 18.5 Å². The molecule has 0 aliphatic heterocycles. The highest BCUT2D eigenvalue weighted by atomic mass is 79.9. The fraction of sp³-hybridized carbons (Fsp3) is 0.538. The van der Waals surface area contributed by atoms with Gasteiger partial charge in [0.05, 0.1) is 0 Å². The lowest BCUT2D eigenvalue weighted by atomic mass is 9.89. The average molecular weight is 285 g/mol. The topological polar surface area (TPSA) is 38.0 Å². The number of halogens is 1. The van der Waals surface area contributed by atoms with Crippen LogP contribution in [-0.4, -0.2) is 13.6 Å². The largest absolute Gasteiger partial charge is 0.330 e. The standard InChI is InChI=1S/C13H21BrN2/c1-4-10(8-15)13(16-3)12-7-11(14)6-5-9(12)2/h5-7,10,13,16H,4,8,15H2,1-3H3. The van der Waals surface area contributed by atoms with Gasteiger partial charge in [0.2, 0.25) is 0 Å². The van der Waals surface area contributed by atoms with Crippen LogP contribution < -0.4 is 11.1 Å². The van der Waals surface area contributed by atoms with Crippen molar-refractivity contribution in [3.05, 3.63) is 33.8 Å². The third-order valence-electron chi connectivity index (χ3n) is 3.19. The number of nitrogens with one attached hydrogen (secondary N) is 1. The molecule has 90 valence electrons. The maximum absolute atomic E-state index is 5.83. The molecule has 1 rings (SSSR count). The first kappa shape index (κ1) is 13.7. The van der Waals surface area contributed by atoms with Crippen LogP contribution in [0.5, 0.6) is 0 Å². The summed E-state index contributed by atoms with van der Waals surface area (Å²) in [4.78, 5) is 0. The molecule has 0 radical (unpaired) electrons. The van der Waals surface area contributed by atoms with E-state index >= 15 is 0 Å². The van der Waals surface area contributed by atoms with Crippen molar-refractivity contribution in [2.24, 2.45) is 11.7 Å². The van der Waals surface area contributed by atoms with Crippen LogP contribution in [0.3, 0.4) is 0 Å². The molecule has 0 heterocycles. The van der Waals surface area contributed by atoms with Gasteiger partial charge >= 0.3 is 0 Å². The van der Waals surface area contributed by atoms with E-state index in [1.165, 1.54) is 11.1 Å². The van der Waals surface area contributed by atoms with E-state index in [0.717, 1.165) is 10.9 Å². The number of hydrogen-bond acceptors (Lipinski definition) is 2. The average Bonchev–Trinajstić information content (AvgIpc) is 2.29. The Hall–Kier alpha value is -0.380. The van der Waals surface area contributed by atoms with Crippen LogP contribution in [0.15, 0.2) is 22.7 Å². The molecule has 0 aromatic heterocycles. The van der Waals surface area contributed by atoms with Gasteiger partial charge in [-0.2, -0.15) is 0 Å². The fourth-order valence-electron chi connectivity index (χ4n) is 2.13. The zero-order valence-electron chi connectivity index (χ0n) is 10.3. The van der Waals surface area contributed by atoms with Gasteiger partial charge in [-0.15, -0.1) is 0 Å². The lowest BCUT2D eigenvalue weighted by molar-refractivity contribution is 0.377. The van der Waals surface area contributed by atoms with Crippen LogP contribution in [0.1, 0.15) is 30.5 Å². The highest BCUT2D eigenvalue weighted by molar-refractivity contribution is 9.10. The smallest absolute Gasteiger partial charge is 0.0361 e. The summed E-state index contributed by atoms with van der Waals surface area (Å²) in [5, 5.41) is 3.39. The van der Waals surface area contributed by atoms with Crippen molar-refractivity contribution in [1.82, 2.24) is 5.32 Å². The second kappa shape index (κ2) is 6.38. The number of nitrogens with two attached hydrogens (primary N) is 1. The molecule has 1 aromatic rings. The lowest BCUT2D eigenvalue weighted by Gasteiger charge is -2.26. The van der Waals surface area contributed by atoms with Crippen LogP contribution in [-0.2, 0) is 0 Å². The minimum atomic E-state index is 0.340. The Labute approximate surface area is 107 Å². The number of rotatable bonds is 5. The summed E-state index contributed by atoms with van der Waals surface area (Å²) in [6, 6.07) is 6.75. The summed E-state index contributed by atoms with van der Waals surface area (Å²) in [6.07, 6.45) is 1.09. The summed E-state index contributed by atoms with van der Waals surface area (Å²) in [6.45, 7) is 5.05. The SMILES string of the molecule is CCC(CN)C(NC)c1cc(Br)ccc1C. The minimum absolute atomic E-state index is 0.340. The molecule has 0 saturated carbocycles. The molecule has 2 nitrogen and oxygen atoms in total. The van der Waals surface area contributed by atoms with Crippen molar-refractivity contribution in [2.45, 2.75) is 26.3 Å². The van der Waals surface area contributed by atoms with Gasteiger partial charge in [-0.05, 0) is 49.7 Å². The molecule has 0 amide bonds. The summed E-state index contributed by atoms with van der Waals surface area (Å²) >= 11 is 3.53. The summed E-state index contributed by atoms with van der Waals surface area (Å²) in [7, 11) is 2.00. The van der Waals surface area contributed by atoms with Crippen LogP contribution >= 0.6 is 15.9 Å². The van der Waals surface area contributed by atoms with E-state index in [2.05, 4.69) is 53.3 Å². The van der Waals surface area contributed by atoms with Gasteiger partial charge < -0.3 is 11.1 Å². The maximum Gasteiger partial charge on any atom is 0.0361 e. The van der Waals surface area contributed by atoms with Crippen molar-refractivity contribution < 1.29 is 0 Å². The maximum atomic E-state index is 5.83. The molecular formula is C13H21BrN2. The Morgan fingerprint density at radius 1 is 1.44 bits per heavy atom. The van der Waals surface area contributed by atoms with Crippen LogP contribution in [0.2, 0.25) is 0 Å². The molecule has 0 fully saturated rings. The second-order valence-corrected chi connectivity index (χ2v) is 5.09. The summed E-state index contributed by atoms with van der Waals surface area (Å²) in [5.41, 5.74) is 8.49. The molecule has 0 aliphatic carbocycles. The minimum Gasteiger partial charge on any atom is -0.330 e. The number of benzene rings is 1. The van der Waals surface area contributed by atoms with Crippen molar-refractivity contribution in [3.8, 4) is 0 Å². The molecule has 16 heavy (non-hydrogen) atoms. The molecule has 2 unspecified atom stereocenters. The molecule has 0 bridgehead atoms. The Bertz CT molecular complexity index is 335. The predicted octanol–water partition coefficient (Wildman–Crippen LogP) is 3.00. The molecule has 0 spiro atoms. The van der Waals surface area contributed by atoms with Gasteiger partial charge in [0.25, 0.3) is 0 Å². The summed E-state index contributed by atoms with van der Waals surface area (Å²) < 4.78 is 1.13. The van der Waals surface area contributed by atoms with Crippen molar-refractivity contribution in [2.75, 3.05) is 13.6 Å². The fourth-order valence-corrected chi connectivity index (χ4v) is 2.51. The monoisotopic (exact) mass is 284 g/mol. The van der Waals surface area contributed by atoms with E-state index in [4.69, 9.17) is 5.73 Å². The van der Waals surface area contributed by atoms with E-state index in [1.54, 1.807) is 0 Å². The quantitative estimate of drug-likeness (QED) is 0.872. The van der Waals surface area contributed by atoms with Crippen LogP contribution in [0.4, 0.5) is 0 Å². The molecule has 0 aliphatic rings. The Kier molecular flexibility index (Phi) is 5.46. The van der Waals surface area contributed by atoms with E-state index in [9.17, 15) is 0 Å². The first-order valence-electron chi connectivity index (χ1n) is 5.77. The van der Waals surface area contributed by atoms with E-state index in [1.807, 2.05) is 7.05 Å². The lowest BCUT2D eigenvalue weighted by Crippen LogP contribution is -2.30. The van der Waals surface area contributed by atoms with Gasteiger partial charge in [-0.3, -0.25) is 0 Å². The number of hydrogen-bond donors (Lipinski definition) is 2. The molecular weight excluding hydrogens is 264 g/mol. The van der Waals surface area contributed by atoms with E-state index in [-0.39, 0.29) is 0 Å². The Morgan fingerprint density at radius 2 is 2.12 bits per heavy atom. The Balaban J connectivity index is 3.06. The zero-order valence-corrected chi connectivity index (χ0v) is 11.8. The molecule has 3 N–H and O–H groups in total. The second-order valence-electron chi connectivity index (χ2n) is 4.17. The Morgan fingerprint density at radius 3 is 2.62 bits per heavy atom. The number of aryl methyl sites for hydroxylation is 1. The molecule has 3 heteroatoms. The van der Waals surface area contributed by atoms with Gasteiger partial charge in [0.1, 0.15) is 0 Å². The van der Waals surface area contributed by atoms with Gasteiger partial charge in [-0.25, -0.2) is 0 Å². The van der Waals surface area contributed by atoms with Crippen LogP contribution in [0.25, 0.3) is 0 Å².